The Hall–Kier alpha value is -4.32. The summed E-state index contributed by atoms with van der Waals surface area (Å²) in [6, 6.07) is 12.7. The summed E-state index contributed by atoms with van der Waals surface area (Å²) in [4.78, 5) is 47.7. The average molecular weight is 631 g/mol. The van der Waals surface area contributed by atoms with E-state index in [1.165, 1.54) is 4.40 Å². The van der Waals surface area contributed by atoms with Crippen LogP contribution in [0.25, 0.3) is 28.0 Å². The monoisotopic (exact) mass is 630 g/mol. The van der Waals surface area contributed by atoms with Gasteiger partial charge in [0.1, 0.15) is 11.7 Å². The smallest absolute Gasteiger partial charge is 0.320 e. The van der Waals surface area contributed by atoms with Crippen LogP contribution in [0.5, 0.6) is 5.88 Å². The quantitative estimate of drug-likeness (QED) is 0.238. The maximum absolute atomic E-state index is 13.3. The number of likely N-dealkylation sites (tertiary alicyclic amines) is 1. The number of carboxylic acids is 1. The number of fused-ring (bicyclic) bond motifs is 1. The molecule has 2 saturated heterocycles. The number of piperidine rings is 1. The molecule has 11 nitrogen and oxygen atoms in total. The Labute approximate surface area is 265 Å². The van der Waals surface area contributed by atoms with Gasteiger partial charge in [0.05, 0.1) is 23.4 Å². The van der Waals surface area contributed by atoms with Crippen molar-refractivity contribution >= 4 is 29.1 Å². The van der Waals surface area contributed by atoms with Crippen LogP contribution in [0, 0.1) is 0 Å². The van der Waals surface area contributed by atoms with E-state index in [-0.39, 0.29) is 24.1 Å². The SMILES string of the molecule is COc1nc(-c2cccc(-c3ccn4c(=O)c(CN5CCCC[C@H]5C(=O)O)cnc4c3)c2Cl)ccc1CNC[C@@H]1CCC(=O)N1. The number of hydrogen-bond acceptors (Lipinski definition) is 8. The summed E-state index contributed by atoms with van der Waals surface area (Å²) in [5.74, 6) is -0.282. The van der Waals surface area contributed by atoms with Crippen molar-refractivity contribution in [2.45, 2.75) is 57.3 Å². The Bertz CT molecular complexity index is 1810. The van der Waals surface area contributed by atoms with Crippen molar-refractivity contribution in [3.8, 4) is 28.3 Å². The Kier molecular flexibility index (Phi) is 9.11. The summed E-state index contributed by atoms with van der Waals surface area (Å²) in [6.07, 6.45) is 6.96. The van der Waals surface area contributed by atoms with Gasteiger partial charge in [0.15, 0.2) is 0 Å². The van der Waals surface area contributed by atoms with Crippen LogP contribution in [0.15, 0.2) is 59.7 Å². The Morgan fingerprint density at radius 2 is 1.98 bits per heavy atom. The number of amides is 1. The second-order valence-corrected chi connectivity index (χ2v) is 11.9. The van der Waals surface area contributed by atoms with Crippen molar-refractivity contribution in [2.75, 3.05) is 20.2 Å². The number of nitrogens with zero attached hydrogens (tertiary/aromatic N) is 4. The molecule has 1 aromatic carbocycles. The Morgan fingerprint density at radius 1 is 1.13 bits per heavy atom. The van der Waals surface area contributed by atoms with Crippen molar-refractivity contribution in [3.05, 3.63) is 81.4 Å². The zero-order valence-electron chi connectivity index (χ0n) is 25.0. The van der Waals surface area contributed by atoms with Crippen LogP contribution < -0.4 is 20.9 Å². The van der Waals surface area contributed by atoms with Crippen molar-refractivity contribution in [1.29, 1.82) is 0 Å². The normalized spacial score (nSPS) is 18.7. The van der Waals surface area contributed by atoms with E-state index < -0.39 is 12.0 Å². The number of methoxy groups -OCH3 is 1. The molecule has 2 aliphatic rings. The predicted molar refractivity (Wildman–Crippen MR) is 170 cm³/mol. The summed E-state index contributed by atoms with van der Waals surface area (Å²) in [6.45, 7) is 2.09. The molecule has 6 rings (SSSR count). The lowest BCUT2D eigenvalue weighted by Gasteiger charge is -2.32. The number of carbonyl (C=O) groups is 2. The molecule has 0 aliphatic carbocycles. The first-order valence-electron chi connectivity index (χ1n) is 15.1. The molecule has 0 unspecified atom stereocenters. The fourth-order valence-corrected chi connectivity index (χ4v) is 6.49. The molecule has 2 fully saturated rings. The summed E-state index contributed by atoms with van der Waals surface area (Å²) >= 11 is 6.97. The van der Waals surface area contributed by atoms with Crippen molar-refractivity contribution in [2.24, 2.45) is 0 Å². The van der Waals surface area contributed by atoms with Gasteiger partial charge in [0.2, 0.25) is 11.8 Å². The molecular weight excluding hydrogens is 596 g/mol. The largest absolute Gasteiger partial charge is 0.481 e. The van der Waals surface area contributed by atoms with Crippen LogP contribution in [-0.2, 0) is 22.7 Å². The van der Waals surface area contributed by atoms with Gasteiger partial charge in [-0.05, 0) is 49.6 Å². The van der Waals surface area contributed by atoms with E-state index in [1.54, 1.807) is 19.5 Å². The van der Waals surface area contributed by atoms with Crippen molar-refractivity contribution in [3.63, 3.8) is 0 Å². The highest BCUT2D eigenvalue weighted by atomic mass is 35.5. The minimum atomic E-state index is -0.860. The molecule has 0 radical (unpaired) electrons. The van der Waals surface area contributed by atoms with Gasteiger partial charge in [-0.2, -0.15) is 0 Å². The topological polar surface area (TPSA) is 138 Å². The standard InChI is InChI=1S/C33H35ClN6O5/c1-45-31-21(16-35-18-23-9-11-29(41)37-23)8-10-26(38-31)25-6-4-5-24(30(25)34)20-12-14-40-28(15-20)36-17-22(32(40)42)19-39-13-3-2-7-27(39)33(43)44/h4-6,8,10,12,14-15,17,23,27,35H,2-3,7,9,11,13,16,18-19H2,1H3,(H,37,41)(H,43,44)/t23-,27-/m0/s1. The highest BCUT2D eigenvalue weighted by Crippen LogP contribution is 2.37. The first-order chi connectivity index (χ1) is 21.8. The minimum absolute atomic E-state index is 0.0907. The molecule has 5 heterocycles. The predicted octanol–water partition coefficient (Wildman–Crippen LogP) is 3.89. The van der Waals surface area contributed by atoms with Crippen LogP contribution in [0.1, 0.15) is 43.2 Å². The number of carboxylic acid groups (broad SMARTS) is 1. The molecule has 12 heteroatoms. The van der Waals surface area contributed by atoms with Gasteiger partial charge in [-0.3, -0.25) is 23.7 Å². The van der Waals surface area contributed by atoms with E-state index in [1.807, 2.05) is 47.4 Å². The number of carbonyl (C=O) groups excluding carboxylic acids is 1. The maximum Gasteiger partial charge on any atom is 0.320 e. The van der Waals surface area contributed by atoms with Gasteiger partial charge >= 0.3 is 5.97 Å². The summed E-state index contributed by atoms with van der Waals surface area (Å²) in [5, 5.41) is 16.4. The second-order valence-electron chi connectivity index (χ2n) is 11.5. The second kappa shape index (κ2) is 13.4. The van der Waals surface area contributed by atoms with Gasteiger partial charge < -0.3 is 20.5 Å². The zero-order chi connectivity index (χ0) is 31.5. The highest BCUT2D eigenvalue weighted by Gasteiger charge is 2.29. The summed E-state index contributed by atoms with van der Waals surface area (Å²) in [7, 11) is 1.58. The third-order valence-corrected chi connectivity index (χ3v) is 8.97. The number of ether oxygens (including phenoxy) is 1. The van der Waals surface area contributed by atoms with Gasteiger partial charge in [0.25, 0.3) is 5.56 Å². The van der Waals surface area contributed by atoms with Crippen LogP contribution in [0.4, 0.5) is 0 Å². The number of hydrogen-bond donors (Lipinski definition) is 3. The fraction of sp³-hybridized carbons (Fsp3) is 0.364. The lowest BCUT2D eigenvalue weighted by atomic mass is 10.0. The van der Waals surface area contributed by atoms with Gasteiger partial charge in [-0.1, -0.05) is 42.3 Å². The van der Waals surface area contributed by atoms with Crippen LogP contribution in [-0.4, -0.2) is 68.5 Å². The molecule has 3 aromatic heterocycles. The molecule has 3 N–H and O–H groups in total. The number of aromatic nitrogens is 3. The Balaban J connectivity index is 1.22. The molecule has 2 atom stereocenters. The van der Waals surface area contributed by atoms with E-state index >= 15 is 0 Å². The molecule has 45 heavy (non-hydrogen) atoms. The molecule has 0 bridgehead atoms. The van der Waals surface area contributed by atoms with Gasteiger partial charge in [0, 0.05) is 61.2 Å². The van der Waals surface area contributed by atoms with Gasteiger partial charge in [-0.15, -0.1) is 0 Å². The number of rotatable bonds is 10. The molecule has 0 spiro atoms. The number of halogens is 1. The molecular formula is C33H35ClN6O5. The fourth-order valence-electron chi connectivity index (χ4n) is 6.16. The Morgan fingerprint density at radius 3 is 2.76 bits per heavy atom. The lowest BCUT2D eigenvalue weighted by molar-refractivity contribution is -0.144. The van der Waals surface area contributed by atoms with E-state index in [0.29, 0.717) is 60.3 Å². The van der Waals surface area contributed by atoms with Crippen LogP contribution in [0.2, 0.25) is 5.02 Å². The van der Waals surface area contributed by atoms with Crippen LogP contribution >= 0.6 is 11.6 Å². The lowest BCUT2D eigenvalue weighted by Crippen LogP contribution is -2.45. The molecule has 1 amide bonds. The van der Waals surface area contributed by atoms with Crippen LogP contribution in [0.3, 0.4) is 0 Å². The number of benzene rings is 1. The number of pyridine rings is 2. The first-order valence-corrected chi connectivity index (χ1v) is 15.5. The van der Waals surface area contributed by atoms with E-state index in [0.717, 1.165) is 41.5 Å². The zero-order valence-corrected chi connectivity index (χ0v) is 25.7. The first kappa shape index (κ1) is 30.7. The van der Waals surface area contributed by atoms with Crippen molar-refractivity contribution in [1.82, 2.24) is 29.9 Å². The van der Waals surface area contributed by atoms with Crippen molar-refractivity contribution < 1.29 is 19.4 Å². The maximum atomic E-state index is 13.3. The third-order valence-electron chi connectivity index (χ3n) is 8.56. The number of nitrogens with one attached hydrogen (secondary N) is 2. The molecule has 2 aliphatic heterocycles. The summed E-state index contributed by atoms with van der Waals surface area (Å²) in [5.41, 5.74) is 4.52. The third kappa shape index (κ3) is 6.56. The number of aliphatic carboxylic acids is 1. The summed E-state index contributed by atoms with van der Waals surface area (Å²) < 4.78 is 7.08. The molecule has 234 valence electrons. The van der Waals surface area contributed by atoms with E-state index in [2.05, 4.69) is 15.6 Å². The molecule has 4 aromatic rings. The van der Waals surface area contributed by atoms with E-state index in [9.17, 15) is 19.5 Å². The highest BCUT2D eigenvalue weighted by molar-refractivity contribution is 6.36. The van der Waals surface area contributed by atoms with E-state index in [4.69, 9.17) is 21.3 Å². The van der Waals surface area contributed by atoms with Gasteiger partial charge in [-0.25, -0.2) is 9.97 Å². The minimum Gasteiger partial charge on any atom is -0.481 e. The average Bonchev–Trinajstić information content (AvgIpc) is 3.47. The molecule has 0 saturated carbocycles.